The van der Waals surface area contributed by atoms with Gasteiger partial charge in [0.2, 0.25) is 0 Å². The highest BCUT2D eigenvalue weighted by molar-refractivity contribution is 7.13. The minimum atomic E-state index is -0.157. The fourth-order valence-corrected chi connectivity index (χ4v) is 2.01. The summed E-state index contributed by atoms with van der Waals surface area (Å²) in [6.07, 6.45) is 1.69. The van der Waals surface area contributed by atoms with Crippen LogP contribution < -0.4 is 0 Å². The Morgan fingerprint density at radius 3 is 3.00 bits per heavy atom. The molecule has 0 saturated heterocycles. The van der Waals surface area contributed by atoms with Gasteiger partial charge < -0.3 is 0 Å². The second kappa shape index (κ2) is 4.51. The summed E-state index contributed by atoms with van der Waals surface area (Å²) in [5.41, 5.74) is 1.19. The van der Waals surface area contributed by atoms with Crippen molar-refractivity contribution in [1.82, 2.24) is 9.97 Å². The Hall–Kier alpha value is -1.26. The lowest BCUT2D eigenvalue weighted by Gasteiger charge is -1.92. The summed E-state index contributed by atoms with van der Waals surface area (Å²) in [6.45, 7) is 0. The van der Waals surface area contributed by atoms with Crippen molar-refractivity contribution in [3.05, 3.63) is 35.5 Å². The van der Waals surface area contributed by atoms with Crippen molar-refractivity contribution in [1.29, 1.82) is 0 Å². The van der Waals surface area contributed by atoms with E-state index < -0.39 is 0 Å². The molecule has 0 aliphatic carbocycles. The largest absolute Gasteiger partial charge is 0.291 e. The second-order valence-electron chi connectivity index (χ2n) is 2.81. The van der Waals surface area contributed by atoms with Gasteiger partial charge in [-0.05, 0) is 12.1 Å². The molecule has 2 rings (SSSR count). The summed E-state index contributed by atoms with van der Waals surface area (Å²) in [6, 6.07) is 5.57. The number of rotatable bonds is 3. The van der Waals surface area contributed by atoms with Crippen molar-refractivity contribution >= 4 is 28.7 Å². The molecular weight excluding hydrogens is 232 g/mol. The van der Waals surface area contributed by atoms with Gasteiger partial charge in [-0.25, -0.2) is 4.98 Å². The predicted molar refractivity (Wildman–Crippen MR) is 60.4 cm³/mol. The molecule has 15 heavy (non-hydrogen) atoms. The van der Waals surface area contributed by atoms with Crippen LogP contribution in [0.5, 0.6) is 0 Å². The average molecular weight is 239 g/mol. The maximum absolute atomic E-state index is 11.2. The molecule has 0 aromatic carbocycles. The molecule has 0 spiro atoms. The van der Waals surface area contributed by atoms with Gasteiger partial charge in [0.15, 0.2) is 5.78 Å². The van der Waals surface area contributed by atoms with Gasteiger partial charge >= 0.3 is 0 Å². The standard InChI is InChI=1S/C10H7ClN2OS/c11-5-9(14)8-6-15-10(13-8)7-3-1-2-4-12-7/h1-4,6H,5H2. The molecule has 2 heterocycles. The molecule has 2 aromatic rings. The van der Waals surface area contributed by atoms with Crippen molar-refractivity contribution in [2.24, 2.45) is 0 Å². The van der Waals surface area contributed by atoms with Gasteiger partial charge in [-0.2, -0.15) is 0 Å². The molecule has 5 heteroatoms. The lowest BCUT2D eigenvalue weighted by molar-refractivity contribution is 0.101. The van der Waals surface area contributed by atoms with Crippen LogP contribution in [-0.2, 0) is 0 Å². The second-order valence-corrected chi connectivity index (χ2v) is 3.94. The fourth-order valence-electron chi connectivity index (χ4n) is 1.08. The number of carbonyl (C=O) groups is 1. The van der Waals surface area contributed by atoms with Crippen LogP contribution in [0, 0.1) is 0 Å². The van der Waals surface area contributed by atoms with E-state index in [1.54, 1.807) is 11.6 Å². The van der Waals surface area contributed by atoms with Gasteiger partial charge in [-0.15, -0.1) is 22.9 Å². The maximum atomic E-state index is 11.2. The minimum Gasteiger partial charge on any atom is -0.291 e. The van der Waals surface area contributed by atoms with Crippen LogP contribution in [0.15, 0.2) is 29.8 Å². The van der Waals surface area contributed by atoms with E-state index in [1.807, 2.05) is 18.2 Å². The average Bonchev–Trinajstić information content (AvgIpc) is 2.78. The predicted octanol–water partition coefficient (Wildman–Crippen LogP) is 2.63. The highest BCUT2D eigenvalue weighted by atomic mass is 35.5. The molecule has 0 aliphatic heterocycles. The summed E-state index contributed by atoms with van der Waals surface area (Å²) in [5, 5.41) is 2.44. The molecule has 3 nitrogen and oxygen atoms in total. The first-order valence-electron chi connectivity index (χ1n) is 4.27. The number of ketones is 1. The molecule has 0 bridgehead atoms. The highest BCUT2D eigenvalue weighted by Gasteiger charge is 2.10. The van der Waals surface area contributed by atoms with Crippen molar-refractivity contribution in [2.45, 2.75) is 0 Å². The molecule has 0 unspecified atom stereocenters. The van der Waals surface area contributed by atoms with E-state index >= 15 is 0 Å². The van der Waals surface area contributed by atoms with Gasteiger partial charge in [-0.1, -0.05) is 6.07 Å². The molecule has 0 N–H and O–H groups in total. The van der Waals surface area contributed by atoms with E-state index in [2.05, 4.69) is 9.97 Å². The Morgan fingerprint density at radius 2 is 2.33 bits per heavy atom. The molecule has 2 aromatic heterocycles. The molecule has 0 radical (unpaired) electrons. The number of pyridine rings is 1. The Morgan fingerprint density at radius 1 is 1.47 bits per heavy atom. The van der Waals surface area contributed by atoms with E-state index in [1.165, 1.54) is 11.3 Å². The van der Waals surface area contributed by atoms with E-state index in [9.17, 15) is 4.79 Å². The van der Waals surface area contributed by atoms with Crippen molar-refractivity contribution in [3.8, 4) is 10.7 Å². The van der Waals surface area contributed by atoms with Crippen molar-refractivity contribution in [3.63, 3.8) is 0 Å². The first kappa shape index (κ1) is 10.3. The molecular formula is C10H7ClN2OS. The quantitative estimate of drug-likeness (QED) is 0.610. The fraction of sp³-hybridized carbons (Fsp3) is 0.100. The number of nitrogens with zero attached hydrogens (tertiary/aromatic N) is 2. The monoisotopic (exact) mass is 238 g/mol. The summed E-state index contributed by atoms with van der Waals surface area (Å²) in [5.74, 6) is -0.194. The third-order valence-corrected chi connectivity index (χ3v) is 2.90. The summed E-state index contributed by atoms with van der Waals surface area (Å²) in [4.78, 5) is 19.6. The third kappa shape index (κ3) is 2.22. The van der Waals surface area contributed by atoms with E-state index in [-0.39, 0.29) is 11.7 Å². The Bertz CT molecular complexity index is 469. The number of alkyl halides is 1. The summed E-state index contributed by atoms with van der Waals surface area (Å²) < 4.78 is 0. The number of hydrogen-bond donors (Lipinski definition) is 0. The topological polar surface area (TPSA) is 42.9 Å². The molecule has 76 valence electrons. The smallest absolute Gasteiger partial charge is 0.196 e. The zero-order valence-electron chi connectivity index (χ0n) is 7.68. The van der Waals surface area contributed by atoms with Crippen LogP contribution in [0.1, 0.15) is 10.5 Å². The molecule has 0 amide bonds. The summed E-state index contributed by atoms with van der Waals surface area (Å²) in [7, 11) is 0. The van der Waals surface area contributed by atoms with Crippen LogP contribution in [0.25, 0.3) is 10.7 Å². The third-order valence-electron chi connectivity index (χ3n) is 1.80. The van der Waals surface area contributed by atoms with Gasteiger partial charge in [0.05, 0.1) is 11.6 Å². The van der Waals surface area contributed by atoms with Crippen LogP contribution in [-0.4, -0.2) is 21.6 Å². The zero-order valence-corrected chi connectivity index (χ0v) is 9.26. The highest BCUT2D eigenvalue weighted by Crippen LogP contribution is 2.21. The van der Waals surface area contributed by atoms with Gasteiger partial charge in [0.1, 0.15) is 10.7 Å². The van der Waals surface area contributed by atoms with E-state index in [4.69, 9.17) is 11.6 Å². The lowest BCUT2D eigenvalue weighted by atomic mass is 10.3. The van der Waals surface area contributed by atoms with Crippen molar-refractivity contribution < 1.29 is 4.79 Å². The van der Waals surface area contributed by atoms with Gasteiger partial charge in [-0.3, -0.25) is 9.78 Å². The Labute approximate surface area is 95.8 Å². The van der Waals surface area contributed by atoms with E-state index in [0.29, 0.717) is 5.69 Å². The summed E-state index contributed by atoms with van der Waals surface area (Å²) >= 11 is 6.83. The number of Topliss-reactive ketones (excluding diaryl/α,β-unsaturated/α-hetero) is 1. The Balaban J connectivity index is 2.32. The molecule has 0 fully saturated rings. The number of aromatic nitrogens is 2. The molecule has 0 saturated carbocycles. The number of carbonyl (C=O) groups excluding carboxylic acids is 1. The molecule has 0 atom stereocenters. The lowest BCUT2D eigenvalue weighted by Crippen LogP contribution is -2.00. The van der Waals surface area contributed by atoms with Gasteiger partial charge in [0, 0.05) is 11.6 Å². The normalized spacial score (nSPS) is 10.2. The van der Waals surface area contributed by atoms with E-state index in [0.717, 1.165) is 10.7 Å². The SMILES string of the molecule is O=C(CCl)c1csc(-c2ccccn2)n1. The molecule has 0 aliphatic rings. The maximum Gasteiger partial charge on any atom is 0.196 e. The first-order valence-corrected chi connectivity index (χ1v) is 5.69. The number of thiazole rings is 1. The zero-order chi connectivity index (χ0) is 10.7. The van der Waals surface area contributed by atoms with Crippen LogP contribution >= 0.6 is 22.9 Å². The Kier molecular flexibility index (Phi) is 3.08. The van der Waals surface area contributed by atoms with Crippen LogP contribution in [0.4, 0.5) is 0 Å². The van der Waals surface area contributed by atoms with Crippen LogP contribution in [0.3, 0.4) is 0 Å². The van der Waals surface area contributed by atoms with Gasteiger partial charge in [0.25, 0.3) is 0 Å². The number of halogens is 1. The van der Waals surface area contributed by atoms with Crippen molar-refractivity contribution in [2.75, 3.05) is 5.88 Å². The first-order chi connectivity index (χ1) is 7.31. The van der Waals surface area contributed by atoms with Crippen LogP contribution in [0.2, 0.25) is 0 Å². The number of hydrogen-bond acceptors (Lipinski definition) is 4. The minimum absolute atomic E-state index is 0.0363.